The molecule has 0 spiro atoms. The second-order valence-corrected chi connectivity index (χ2v) is 6.84. The van der Waals surface area contributed by atoms with E-state index in [0.29, 0.717) is 35.2 Å². The van der Waals surface area contributed by atoms with E-state index in [4.69, 9.17) is 14.8 Å². The van der Waals surface area contributed by atoms with Gasteiger partial charge in [-0.2, -0.15) is 20.0 Å². The number of hydrogen-bond acceptors (Lipinski definition) is 6. The summed E-state index contributed by atoms with van der Waals surface area (Å²) in [5, 5.41) is 18.7. The van der Waals surface area contributed by atoms with Crippen LogP contribution >= 0.6 is 0 Å². The molecule has 0 radical (unpaired) electrons. The lowest BCUT2D eigenvalue weighted by Crippen LogP contribution is -2.02. The van der Waals surface area contributed by atoms with Crippen molar-refractivity contribution in [1.82, 2.24) is 29.5 Å². The van der Waals surface area contributed by atoms with Gasteiger partial charge in [-0.05, 0) is 31.2 Å². The fourth-order valence-electron chi connectivity index (χ4n) is 3.34. The van der Waals surface area contributed by atoms with Gasteiger partial charge in [0.25, 0.3) is 0 Å². The number of imidazole rings is 1. The zero-order chi connectivity index (χ0) is 21.9. The molecular formula is C23H18N8O. The van der Waals surface area contributed by atoms with Gasteiger partial charge in [0.1, 0.15) is 17.5 Å². The molecule has 1 N–H and O–H groups in total. The second kappa shape index (κ2) is 8.20. The summed E-state index contributed by atoms with van der Waals surface area (Å²) in [5.41, 5.74) is 3.65. The number of H-pyrrole nitrogens is 1. The molecule has 0 bridgehead atoms. The standard InChI is InChI=1S/C23H18N8O/c1-2-32-15-25-22-16(12-24)13-26-31(22)23-18(14-30(29-23)17-8-4-3-5-9-17)21-27-19-10-6-7-11-20(19)28-21/h3-11,13-15H,2H2,1H3,(H,27,28)/b25-15-. The highest BCUT2D eigenvalue weighted by molar-refractivity contribution is 5.81. The van der Waals surface area contributed by atoms with E-state index in [2.05, 4.69) is 21.1 Å². The maximum atomic E-state index is 9.54. The molecule has 0 aliphatic heterocycles. The predicted molar refractivity (Wildman–Crippen MR) is 120 cm³/mol. The smallest absolute Gasteiger partial charge is 0.188 e. The van der Waals surface area contributed by atoms with E-state index in [1.54, 1.807) is 4.68 Å². The van der Waals surface area contributed by atoms with Crippen LogP contribution in [0.3, 0.4) is 0 Å². The quantitative estimate of drug-likeness (QED) is 0.326. The van der Waals surface area contributed by atoms with Gasteiger partial charge in [0, 0.05) is 6.20 Å². The van der Waals surface area contributed by atoms with Crippen molar-refractivity contribution in [2.75, 3.05) is 6.61 Å². The predicted octanol–water partition coefficient (Wildman–Crippen LogP) is 4.17. The Morgan fingerprint density at radius 1 is 1.16 bits per heavy atom. The minimum Gasteiger partial charge on any atom is -0.483 e. The van der Waals surface area contributed by atoms with Crippen molar-refractivity contribution in [3.63, 3.8) is 0 Å². The Morgan fingerprint density at radius 2 is 1.97 bits per heavy atom. The van der Waals surface area contributed by atoms with Gasteiger partial charge in [0.2, 0.25) is 0 Å². The number of hydrogen-bond donors (Lipinski definition) is 1. The van der Waals surface area contributed by atoms with Crippen LogP contribution in [0, 0.1) is 11.3 Å². The van der Waals surface area contributed by atoms with Crippen molar-refractivity contribution in [3.05, 3.63) is 72.6 Å². The molecule has 0 fully saturated rings. The molecular weight excluding hydrogens is 404 g/mol. The van der Waals surface area contributed by atoms with Gasteiger partial charge < -0.3 is 9.72 Å². The van der Waals surface area contributed by atoms with Crippen LogP contribution in [-0.2, 0) is 4.74 Å². The van der Waals surface area contributed by atoms with Crippen molar-refractivity contribution in [3.8, 4) is 29.0 Å². The molecule has 0 saturated heterocycles. The maximum Gasteiger partial charge on any atom is 0.188 e. The van der Waals surface area contributed by atoms with Gasteiger partial charge in [0.15, 0.2) is 18.0 Å². The summed E-state index contributed by atoms with van der Waals surface area (Å²) in [4.78, 5) is 12.4. The highest BCUT2D eigenvalue weighted by atomic mass is 16.5. The van der Waals surface area contributed by atoms with Gasteiger partial charge in [0.05, 0.1) is 35.1 Å². The molecule has 0 aliphatic rings. The number of rotatable bonds is 6. The van der Waals surface area contributed by atoms with Crippen molar-refractivity contribution in [1.29, 1.82) is 5.26 Å². The molecule has 0 aliphatic carbocycles. The Morgan fingerprint density at radius 3 is 2.75 bits per heavy atom. The summed E-state index contributed by atoms with van der Waals surface area (Å²) < 4.78 is 8.52. The zero-order valence-corrected chi connectivity index (χ0v) is 17.2. The molecule has 32 heavy (non-hydrogen) atoms. The first kappa shape index (κ1) is 19.3. The van der Waals surface area contributed by atoms with E-state index in [1.807, 2.05) is 67.7 Å². The molecule has 0 amide bonds. The Hall–Kier alpha value is -4.71. The van der Waals surface area contributed by atoms with Crippen molar-refractivity contribution < 1.29 is 4.74 Å². The van der Waals surface area contributed by atoms with Gasteiger partial charge in [-0.25, -0.2) is 9.67 Å². The topological polar surface area (TPSA) is 110 Å². The Balaban J connectivity index is 1.72. The molecule has 2 aromatic carbocycles. The summed E-state index contributed by atoms with van der Waals surface area (Å²) >= 11 is 0. The number of fused-ring (bicyclic) bond motifs is 1. The van der Waals surface area contributed by atoms with Crippen LogP contribution < -0.4 is 0 Å². The first-order valence-electron chi connectivity index (χ1n) is 10.0. The van der Waals surface area contributed by atoms with Gasteiger partial charge >= 0.3 is 0 Å². The van der Waals surface area contributed by atoms with E-state index in [1.165, 1.54) is 17.3 Å². The molecule has 0 unspecified atom stereocenters. The Kier molecular flexibility index (Phi) is 4.94. The molecule has 5 rings (SSSR count). The third-order valence-electron chi connectivity index (χ3n) is 4.84. The summed E-state index contributed by atoms with van der Waals surface area (Å²) in [7, 11) is 0. The molecule has 3 aromatic heterocycles. The summed E-state index contributed by atoms with van der Waals surface area (Å²) in [5.74, 6) is 1.45. The van der Waals surface area contributed by atoms with Gasteiger partial charge in [-0.15, -0.1) is 5.10 Å². The first-order valence-corrected chi connectivity index (χ1v) is 10.0. The Bertz CT molecular complexity index is 1420. The number of aromatic nitrogens is 6. The number of aliphatic imine (C=N–C) groups is 1. The molecule has 5 aromatic rings. The molecule has 3 heterocycles. The van der Waals surface area contributed by atoms with Crippen molar-refractivity contribution >= 4 is 23.3 Å². The lowest BCUT2D eigenvalue weighted by Gasteiger charge is -2.03. The maximum absolute atomic E-state index is 9.54. The number of nitriles is 1. The largest absolute Gasteiger partial charge is 0.483 e. The normalized spacial score (nSPS) is 11.2. The number of aromatic amines is 1. The number of para-hydroxylation sites is 3. The zero-order valence-electron chi connectivity index (χ0n) is 17.2. The first-order chi connectivity index (χ1) is 15.8. The number of nitrogens with one attached hydrogen (secondary N) is 1. The molecule has 156 valence electrons. The van der Waals surface area contributed by atoms with E-state index < -0.39 is 0 Å². The van der Waals surface area contributed by atoms with Crippen LogP contribution in [-0.4, -0.2) is 42.5 Å². The van der Waals surface area contributed by atoms with Gasteiger partial charge in [-0.1, -0.05) is 30.3 Å². The lowest BCUT2D eigenvalue weighted by atomic mass is 10.3. The van der Waals surface area contributed by atoms with Crippen molar-refractivity contribution in [2.45, 2.75) is 6.92 Å². The summed E-state index contributed by atoms with van der Waals surface area (Å²) in [6.07, 6.45) is 4.65. The van der Waals surface area contributed by atoms with E-state index in [9.17, 15) is 5.26 Å². The third kappa shape index (κ3) is 3.40. The van der Waals surface area contributed by atoms with Crippen LogP contribution in [0.15, 0.2) is 72.0 Å². The monoisotopic (exact) mass is 422 g/mol. The van der Waals surface area contributed by atoms with E-state index in [-0.39, 0.29) is 0 Å². The summed E-state index contributed by atoms with van der Waals surface area (Å²) in [6.45, 7) is 2.32. The highest BCUT2D eigenvalue weighted by Crippen LogP contribution is 2.30. The Labute approximate surface area is 183 Å². The van der Waals surface area contributed by atoms with E-state index in [0.717, 1.165) is 16.7 Å². The number of ether oxygens (including phenoxy) is 1. The molecule has 0 saturated carbocycles. The average Bonchev–Trinajstić information content (AvgIpc) is 3.55. The highest BCUT2D eigenvalue weighted by Gasteiger charge is 2.21. The molecule has 9 nitrogen and oxygen atoms in total. The second-order valence-electron chi connectivity index (χ2n) is 6.84. The van der Waals surface area contributed by atoms with Crippen LogP contribution in [0.1, 0.15) is 12.5 Å². The lowest BCUT2D eigenvalue weighted by molar-refractivity contribution is 0.343. The third-order valence-corrected chi connectivity index (χ3v) is 4.84. The van der Waals surface area contributed by atoms with E-state index >= 15 is 0 Å². The van der Waals surface area contributed by atoms with Crippen LogP contribution in [0.2, 0.25) is 0 Å². The van der Waals surface area contributed by atoms with Crippen LogP contribution in [0.25, 0.3) is 33.9 Å². The minimum atomic E-state index is 0.311. The van der Waals surface area contributed by atoms with Crippen LogP contribution in [0.4, 0.5) is 5.82 Å². The van der Waals surface area contributed by atoms with Gasteiger partial charge in [-0.3, -0.25) is 0 Å². The van der Waals surface area contributed by atoms with Crippen LogP contribution in [0.5, 0.6) is 0 Å². The number of benzene rings is 2. The average molecular weight is 422 g/mol. The summed E-state index contributed by atoms with van der Waals surface area (Å²) in [6, 6.07) is 19.7. The number of nitrogens with zero attached hydrogens (tertiary/aromatic N) is 7. The fraction of sp³-hybridized carbons (Fsp3) is 0.0870. The minimum absolute atomic E-state index is 0.311. The molecule has 9 heteroatoms. The molecule has 0 atom stereocenters. The fourth-order valence-corrected chi connectivity index (χ4v) is 3.34. The van der Waals surface area contributed by atoms with Crippen molar-refractivity contribution in [2.24, 2.45) is 4.99 Å². The SMILES string of the molecule is CCO/C=N\c1c(C#N)cnn1-c1nn(-c2ccccc2)cc1-c1nc2ccccc2[nH]1.